The second-order valence-corrected chi connectivity index (χ2v) is 7.68. The zero-order valence-corrected chi connectivity index (χ0v) is 12.6. The second-order valence-electron chi connectivity index (χ2n) is 4.83. The minimum absolute atomic E-state index is 0.0560. The summed E-state index contributed by atoms with van der Waals surface area (Å²) in [5.41, 5.74) is 0.292. The summed E-state index contributed by atoms with van der Waals surface area (Å²) in [6.07, 6.45) is -0.186. The molecule has 0 aliphatic carbocycles. The number of primary sulfonamides is 1. The molecule has 2 N–H and O–H groups in total. The third-order valence-electron chi connectivity index (χ3n) is 3.36. The Morgan fingerprint density at radius 2 is 2.18 bits per heavy atom. The van der Waals surface area contributed by atoms with Crippen LogP contribution in [0.4, 0.5) is 10.8 Å². The van der Waals surface area contributed by atoms with E-state index in [1.807, 2.05) is 0 Å². The molecule has 3 rings (SSSR count). The summed E-state index contributed by atoms with van der Waals surface area (Å²) in [6.45, 7) is -0.0560. The van der Waals surface area contributed by atoms with E-state index in [2.05, 4.69) is 4.98 Å². The third kappa shape index (κ3) is 2.53. The van der Waals surface area contributed by atoms with Crippen LogP contribution < -0.4 is 10.0 Å². The van der Waals surface area contributed by atoms with Gasteiger partial charge in [0.2, 0.25) is 15.9 Å². The lowest BCUT2D eigenvalue weighted by molar-refractivity contribution is -0.384. The molecule has 1 saturated heterocycles. The van der Waals surface area contributed by atoms with Crippen molar-refractivity contribution in [1.29, 1.82) is 0 Å². The van der Waals surface area contributed by atoms with Crippen LogP contribution in [0.5, 0.6) is 0 Å². The van der Waals surface area contributed by atoms with Crippen molar-refractivity contribution >= 4 is 48.3 Å². The SMILES string of the molecule is NS(=O)(=O)C1CC(=O)N(c2nc3cc([N+](=O)[O-])ccc3s2)C1. The van der Waals surface area contributed by atoms with Gasteiger partial charge in [0.1, 0.15) is 5.25 Å². The number of carbonyl (C=O) groups is 1. The molecule has 1 amide bonds. The van der Waals surface area contributed by atoms with Gasteiger partial charge in [-0.05, 0) is 6.07 Å². The van der Waals surface area contributed by atoms with Crippen LogP contribution in [0.1, 0.15) is 6.42 Å². The van der Waals surface area contributed by atoms with Gasteiger partial charge >= 0.3 is 0 Å². The Hall–Kier alpha value is -2.11. The number of aromatic nitrogens is 1. The standard InChI is InChI=1S/C11H10N4O5S2/c12-22(19,20)7-4-10(16)14(5-7)11-13-8-3-6(15(17)18)1-2-9(8)21-11/h1-3,7H,4-5H2,(H2,12,19,20). The fourth-order valence-electron chi connectivity index (χ4n) is 2.21. The number of amides is 1. The van der Waals surface area contributed by atoms with Crippen molar-refractivity contribution in [2.45, 2.75) is 11.7 Å². The maximum atomic E-state index is 11.9. The zero-order valence-electron chi connectivity index (χ0n) is 11.0. The quantitative estimate of drug-likeness (QED) is 0.640. The second kappa shape index (κ2) is 4.97. The van der Waals surface area contributed by atoms with Crippen LogP contribution >= 0.6 is 11.3 Å². The molecular formula is C11H10N4O5S2. The average Bonchev–Trinajstić information content (AvgIpc) is 2.99. The molecule has 1 aromatic carbocycles. The van der Waals surface area contributed by atoms with E-state index in [-0.39, 0.29) is 24.6 Å². The topological polar surface area (TPSA) is 136 Å². The van der Waals surface area contributed by atoms with E-state index in [0.717, 1.165) is 0 Å². The average molecular weight is 342 g/mol. The summed E-state index contributed by atoms with van der Waals surface area (Å²) in [4.78, 5) is 27.6. The van der Waals surface area contributed by atoms with Gasteiger partial charge in [-0.3, -0.25) is 19.8 Å². The molecule has 116 valence electrons. The molecule has 1 aliphatic heterocycles. The molecular weight excluding hydrogens is 332 g/mol. The van der Waals surface area contributed by atoms with Gasteiger partial charge in [-0.1, -0.05) is 11.3 Å². The number of nitrogens with two attached hydrogens (primary N) is 1. The van der Waals surface area contributed by atoms with E-state index in [1.54, 1.807) is 6.07 Å². The molecule has 1 atom stereocenters. The van der Waals surface area contributed by atoms with Gasteiger partial charge in [-0.15, -0.1) is 0 Å². The van der Waals surface area contributed by atoms with E-state index < -0.39 is 20.2 Å². The lowest BCUT2D eigenvalue weighted by Gasteiger charge is -2.11. The molecule has 11 heteroatoms. The lowest BCUT2D eigenvalue weighted by atomic mass is 10.3. The van der Waals surface area contributed by atoms with E-state index >= 15 is 0 Å². The third-order valence-corrected chi connectivity index (χ3v) is 5.66. The van der Waals surface area contributed by atoms with Gasteiger partial charge in [-0.25, -0.2) is 18.5 Å². The Kier molecular flexibility index (Phi) is 3.34. The molecule has 0 spiro atoms. The van der Waals surface area contributed by atoms with Crippen molar-refractivity contribution in [1.82, 2.24) is 4.98 Å². The number of non-ortho nitro benzene ring substituents is 1. The van der Waals surface area contributed by atoms with Crippen LogP contribution in [0, 0.1) is 10.1 Å². The highest BCUT2D eigenvalue weighted by molar-refractivity contribution is 7.89. The van der Waals surface area contributed by atoms with Crippen LogP contribution in [-0.4, -0.2) is 36.0 Å². The number of carbonyl (C=O) groups excluding carboxylic acids is 1. The Labute approximate surface area is 128 Å². The maximum absolute atomic E-state index is 11.9. The molecule has 1 fully saturated rings. The fourth-order valence-corrected chi connectivity index (χ4v) is 3.92. The van der Waals surface area contributed by atoms with Gasteiger partial charge in [0.05, 0.1) is 15.1 Å². The van der Waals surface area contributed by atoms with Crippen LogP contribution in [-0.2, 0) is 14.8 Å². The van der Waals surface area contributed by atoms with E-state index in [4.69, 9.17) is 5.14 Å². The highest BCUT2D eigenvalue weighted by Crippen LogP contribution is 2.33. The first kappa shape index (κ1) is 14.8. The first-order chi connectivity index (χ1) is 10.3. The van der Waals surface area contributed by atoms with E-state index in [0.29, 0.717) is 15.3 Å². The van der Waals surface area contributed by atoms with Gasteiger partial charge < -0.3 is 0 Å². The monoisotopic (exact) mass is 342 g/mol. The van der Waals surface area contributed by atoms with Crippen LogP contribution in [0.25, 0.3) is 10.2 Å². The summed E-state index contributed by atoms with van der Waals surface area (Å²) in [5, 5.41) is 15.2. The largest absolute Gasteiger partial charge is 0.287 e. The van der Waals surface area contributed by atoms with Crippen molar-refractivity contribution in [3.63, 3.8) is 0 Å². The Morgan fingerprint density at radius 3 is 2.77 bits per heavy atom. The first-order valence-corrected chi connectivity index (χ1v) is 8.55. The number of hydrogen-bond acceptors (Lipinski definition) is 7. The fraction of sp³-hybridized carbons (Fsp3) is 0.273. The minimum atomic E-state index is -3.80. The van der Waals surface area contributed by atoms with Crippen molar-refractivity contribution in [3.8, 4) is 0 Å². The molecule has 1 aromatic heterocycles. The van der Waals surface area contributed by atoms with Crippen LogP contribution in [0.3, 0.4) is 0 Å². The van der Waals surface area contributed by atoms with E-state index in [1.165, 1.54) is 28.4 Å². The minimum Gasteiger partial charge on any atom is -0.287 e. The first-order valence-electron chi connectivity index (χ1n) is 6.12. The van der Waals surface area contributed by atoms with Crippen molar-refractivity contribution in [2.75, 3.05) is 11.4 Å². The number of fused-ring (bicyclic) bond motifs is 1. The normalized spacial score (nSPS) is 19.0. The zero-order chi connectivity index (χ0) is 16.1. The van der Waals surface area contributed by atoms with Crippen molar-refractivity contribution < 1.29 is 18.1 Å². The van der Waals surface area contributed by atoms with Gasteiger partial charge in [0.25, 0.3) is 5.69 Å². The molecule has 9 nitrogen and oxygen atoms in total. The summed E-state index contributed by atoms with van der Waals surface area (Å²) >= 11 is 1.17. The van der Waals surface area contributed by atoms with Crippen molar-refractivity contribution in [3.05, 3.63) is 28.3 Å². The number of benzene rings is 1. The van der Waals surface area contributed by atoms with Crippen LogP contribution in [0.15, 0.2) is 18.2 Å². The number of nitro benzene ring substituents is 1. The number of nitrogens with zero attached hydrogens (tertiary/aromatic N) is 3. The van der Waals surface area contributed by atoms with Gasteiger partial charge in [-0.2, -0.15) is 0 Å². The number of rotatable bonds is 3. The maximum Gasteiger partial charge on any atom is 0.271 e. The van der Waals surface area contributed by atoms with Gasteiger partial charge in [0.15, 0.2) is 5.13 Å². The molecule has 2 aromatic rings. The molecule has 0 saturated carbocycles. The Balaban J connectivity index is 1.97. The van der Waals surface area contributed by atoms with Crippen molar-refractivity contribution in [2.24, 2.45) is 5.14 Å². The Morgan fingerprint density at radius 1 is 1.45 bits per heavy atom. The molecule has 0 bridgehead atoms. The molecule has 2 heterocycles. The number of nitro groups is 1. The highest BCUT2D eigenvalue weighted by atomic mass is 32.2. The molecule has 0 radical (unpaired) electrons. The molecule has 1 unspecified atom stereocenters. The molecule has 1 aliphatic rings. The van der Waals surface area contributed by atoms with Crippen LogP contribution in [0.2, 0.25) is 0 Å². The lowest BCUT2D eigenvalue weighted by Crippen LogP contribution is -2.32. The number of hydrogen-bond donors (Lipinski definition) is 1. The predicted molar refractivity (Wildman–Crippen MR) is 80.1 cm³/mol. The highest BCUT2D eigenvalue weighted by Gasteiger charge is 2.38. The summed E-state index contributed by atoms with van der Waals surface area (Å²) < 4.78 is 23.4. The Bertz CT molecular complexity index is 891. The van der Waals surface area contributed by atoms with E-state index in [9.17, 15) is 23.3 Å². The smallest absolute Gasteiger partial charge is 0.271 e. The molecule has 22 heavy (non-hydrogen) atoms. The number of anilines is 1. The summed E-state index contributed by atoms with van der Waals surface area (Å²) in [5.74, 6) is -0.382. The number of sulfonamides is 1. The number of thiazole rings is 1. The predicted octanol–water partition coefficient (Wildman–Crippen LogP) is 0.598. The van der Waals surface area contributed by atoms with Gasteiger partial charge in [0, 0.05) is 25.1 Å². The summed E-state index contributed by atoms with van der Waals surface area (Å²) in [7, 11) is -3.80. The summed E-state index contributed by atoms with van der Waals surface area (Å²) in [6, 6.07) is 4.21.